The summed E-state index contributed by atoms with van der Waals surface area (Å²) in [4.78, 5) is 12.0. The molecule has 0 aromatic heterocycles. The van der Waals surface area contributed by atoms with Gasteiger partial charge >= 0.3 is 5.97 Å². The van der Waals surface area contributed by atoms with Gasteiger partial charge in [0.2, 0.25) is 0 Å². The molecule has 0 bridgehead atoms. The predicted octanol–water partition coefficient (Wildman–Crippen LogP) is 6.87. The number of benzene rings is 4. The molecule has 4 aromatic rings. The van der Waals surface area contributed by atoms with Crippen LogP contribution in [-0.4, -0.2) is 17.2 Å². The first-order valence-electron chi connectivity index (χ1n) is 10.1. The van der Waals surface area contributed by atoms with Crippen molar-refractivity contribution in [1.29, 1.82) is 0 Å². The lowest BCUT2D eigenvalue weighted by Gasteiger charge is -2.18. The summed E-state index contributed by atoms with van der Waals surface area (Å²) in [6, 6.07) is 31.8. The molecule has 0 heterocycles. The zero-order chi connectivity index (χ0) is 22.3. The van der Waals surface area contributed by atoms with Crippen LogP contribution in [0.15, 0.2) is 103 Å². The van der Waals surface area contributed by atoms with Crippen molar-refractivity contribution < 1.29 is 19.4 Å². The normalized spacial score (nSPS) is 11.5. The molecule has 0 amide bonds. The van der Waals surface area contributed by atoms with Gasteiger partial charge < -0.3 is 14.6 Å². The average Bonchev–Trinajstić information content (AvgIpc) is 2.82. The molecule has 0 aliphatic heterocycles. The van der Waals surface area contributed by atoms with E-state index in [0.717, 1.165) is 11.1 Å². The number of aliphatic carboxylic acids is 1. The quantitative estimate of drug-likeness (QED) is 0.322. The molecule has 0 saturated heterocycles. The number of para-hydroxylation sites is 1. The van der Waals surface area contributed by atoms with E-state index >= 15 is 0 Å². The van der Waals surface area contributed by atoms with E-state index < -0.39 is 12.1 Å². The predicted molar refractivity (Wildman–Crippen MR) is 126 cm³/mol. The number of ether oxygens (including phenoxy) is 2. The number of carbonyl (C=O) groups is 1. The van der Waals surface area contributed by atoms with E-state index in [2.05, 4.69) is 0 Å². The number of rotatable bonds is 8. The van der Waals surface area contributed by atoms with E-state index in [1.807, 2.05) is 72.8 Å². The SMILES string of the molecule is O=C(O)[C@H](Cc1cc(Cl)ccc1Oc1ccccc1)Oc1ccc(-c2ccccc2)cc1. The van der Waals surface area contributed by atoms with Gasteiger partial charge in [0, 0.05) is 17.0 Å². The van der Waals surface area contributed by atoms with Crippen molar-refractivity contribution in [3.05, 3.63) is 114 Å². The van der Waals surface area contributed by atoms with Gasteiger partial charge in [-0.05, 0) is 53.6 Å². The molecule has 4 aromatic carbocycles. The van der Waals surface area contributed by atoms with E-state index in [1.54, 1.807) is 30.3 Å². The first-order chi connectivity index (χ1) is 15.6. The van der Waals surface area contributed by atoms with Crippen molar-refractivity contribution >= 4 is 17.6 Å². The Morgan fingerprint density at radius 2 is 1.41 bits per heavy atom. The lowest BCUT2D eigenvalue weighted by atomic mass is 10.1. The Balaban J connectivity index is 1.53. The molecule has 0 spiro atoms. The number of hydrogen-bond donors (Lipinski definition) is 1. The Morgan fingerprint density at radius 1 is 0.781 bits per heavy atom. The Kier molecular flexibility index (Phi) is 6.73. The molecule has 0 aliphatic rings. The molecule has 0 saturated carbocycles. The van der Waals surface area contributed by atoms with Gasteiger partial charge in [-0.2, -0.15) is 0 Å². The minimum Gasteiger partial charge on any atom is -0.478 e. The van der Waals surface area contributed by atoms with Crippen LogP contribution in [0.2, 0.25) is 5.02 Å². The number of carboxylic acids is 1. The maximum atomic E-state index is 12.0. The molecular weight excluding hydrogens is 424 g/mol. The van der Waals surface area contributed by atoms with Crippen molar-refractivity contribution in [1.82, 2.24) is 0 Å². The minimum absolute atomic E-state index is 0.0957. The van der Waals surface area contributed by atoms with Gasteiger partial charge in [-0.25, -0.2) is 4.79 Å². The molecule has 0 fully saturated rings. The molecule has 0 radical (unpaired) electrons. The highest BCUT2D eigenvalue weighted by molar-refractivity contribution is 6.30. The van der Waals surface area contributed by atoms with Gasteiger partial charge in [0.1, 0.15) is 17.2 Å². The van der Waals surface area contributed by atoms with Crippen LogP contribution in [0.1, 0.15) is 5.56 Å². The lowest BCUT2D eigenvalue weighted by molar-refractivity contribution is -0.145. The maximum absolute atomic E-state index is 12.0. The lowest BCUT2D eigenvalue weighted by Crippen LogP contribution is -2.29. The zero-order valence-corrected chi connectivity index (χ0v) is 17.9. The van der Waals surface area contributed by atoms with Gasteiger partial charge in [0.25, 0.3) is 0 Å². The van der Waals surface area contributed by atoms with Crippen molar-refractivity contribution in [2.24, 2.45) is 0 Å². The van der Waals surface area contributed by atoms with Crippen LogP contribution < -0.4 is 9.47 Å². The third-order valence-electron chi connectivity index (χ3n) is 4.91. The molecule has 0 unspecified atom stereocenters. The largest absolute Gasteiger partial charge is 0.478 e. The average molecular weight is 445 g/mol. The smallest absolute Gasteiger partial charge is 0.345 e. The molecular formula is C27H21ClO4. The third kappa shape index (κ3) is 5.48. The second-order valence-corrected chi connectivity index (χ2v) is 7.64. The van der Waals surface area contributed by atoms with E-state index in [9.17, 15) is 9.90 Å². The van der Waals surface area contributed by atoms with Gasteiger partial charge in [-0.15, -0.1) is 0 Å². The summed E-state index contributed by atoms with van der Waals surface area (Å²) in [7, 11) is 0. The van der Waals surface area contributed by atoms with Gasteiger partial charge in [0.05, 0.1) is 0 Å². The van der Waals surface area contributed by atoms with Crippen molar-refractivity contribution in [2.75, 3.05) is 0 Å². The van der Waals surface area contributed by atoms with Crippen LogP contribution in [0.3, 0.4) is 0 Å². The molecule has 0 aliphatic carbocycles. The summed E-state index contributed by atoms with van der Waals surface area (Å²) in [6.07, 6.45) is -1.01. The van der Waals surface area contributed by atoms with Crippen molar-refractivity contribution in [2.45, 2.75) is 12.5 Å². The fourth-order valence-corrected chi connectivity index (χ4v) is 3.52. The molecule has 32 heavy (non-hydrogen) atoms. The highest BCUT2D eigenvalue weighted by atomic mass is 35.5. The van der Waals surface area contributed by atoms with Crippen LogP contribution in [0.25, 0.3) is 11.1 Å². The summed E-state index contributed by atoms with van der Waals surface area (Å²) in [5, 5.41) is 10.3. The topological polar surface area (TPSA) is 55.8 Å². The molecule has 1 atom stereocenters. The summed E-state index contributed by atoms with van der Waals surface area (Å²) < 4.78 is 11.8. The zero-order valence-electron chi connectivity index (χ0n) is 17.1. The molecule has 4 nitrogen and oxygen atoms in total. The van der Waals surface area contributed by atoms with E-state index in [-0.39, 0.29) is 6.42 Å². The van der Waals surface area contributed by atoms with Crippen molar-refractivity contribution in [3.63, 3.8) is 0 Å². The Bertz CT molecular complexity index is 1180. The standard InChI is InChI=1S/C27H21ClO4/c28-22-13-16-25(31-23-9-5-2-6-10-23)21(17-22)18-26(27(29)30)32-24-14-11-20(12-15-24)19-7-3-1-4-8-19/h1-17,26H,18H2,(H,29,30)/t26-/m0/s1. The van der Waals surface area contributed by atoms with Crippen LogP contribution in [0.4, 0.5) is 0 Å². The van der Waals surface area contributed by atoms with E-state index in [0.29, 0.717) is 27.8 Å². The summed E-state index contributed by atoms with van der Waals surface area (Å²) >= 11 is 6.17. The fraction of sp³-hybridized carbons (Fsp3) is 0.0741. The second-order valence-electron chi connectivity index (χ2n) is 7.21. The highest BCUT2D eigenvalue weighted by Crippen LogP contribution is 2.30. The van der Waals surface area contributed by atoms with E-state index in [4.69, 9.17) is 21.1 Å². The van der Waals surface area contributed by atoms with Crippen molar-refractivity contribution in [3.8, 4) is 28.4 Å². The number of halogens is 1. The first kappa shape index (κ1) is 21.5. The minimum atomic E-state index is -1.10. The molecule has 1 N–H and O–H groups in total. The Labute approximate surface area is 191 Å². The second kappa shape index (κ2) is 10.0. The molecule has 160 valence electrons. The van der Waals surface area contributed by atoms with Crippen LogP contribution in [0, 0.1) is 0 Å². The third-order valence-corrected chi connectivity index (χ3v) is 5.15. The van der Waals surface area contributed by atoms with E-state index in [1.165, 1.54) is 0 Å². The Hall–Kier alpha value is -3.76. The fourth-order valence-electron chi connectivity index (χ4n) is 3.32. The summed E-state index contributed by atoms with van der Waals surface area (Å²) in [6.45, 7) is 0. The van der Waals surface area contributed by atoms with Gasteiger partial charge in [-0.1, -0.05) is 72.3 Å². The van der Waals surface area contributed by atoms with Crippen LogP contribution >= 0.6 is 11.6 Å². The monoisotopic (exact) mass is 444 g/mol. The van der Waals surface area contributed by atoms with Gasteiger partial charge in [0.15, 0.2) is 6.10 Å². The highest BCUT2D eigenvalue weighted by Gasteiger charge is 2.22. The maximum Gasteiger partial charge on any atom is 0.345 e. The van der Waals surface area contributed by atoms with Crippen LogP contribution in [0.5, 0.6) is 17.2 Å². The summed E-state index contributed by atoms with van der Waals surface area (Å²) in [5.41, 5.74) is 2.75. The van der Waals surface area contributed by atoms with Gasteiger partial charge in [-0.3, -0.25) is 0 Å². The van der Waals surface area contributed by atoms with Crippen LogP contribution in [-0.2, 0) is 11.2 Å². The molecule has 5 heteroatoms. The summed E-state index contributed by atoms with van der Waals surface area (Å²) in [5.74, 6) is 0.600. The first-order valence-corrected chi connectivity index (χ1v) is 10.5. The number of carboxylic acid groups (broad SMARTS) is 1. The molecule has 4 rings (SSSR count). The number of hydrogen-bond acceptors (Lipinski definition) is 3. The Morgan fingerprint density at radius 3 is 2.06 bits per heavy atom.